The molecule has 0 spiro atoms. The van der Waals surface area contributed by atoms with E-state index in [0.29, 0.717) is 19.5 Å². The van der Waals surface area contributed by atoms with E-state index in [1.54, 1.807) is 0 Å². The topological polar surface area (TPSA) is 46.3 Å². The third-order valence-corrected chi connectivity index (χ3v) is 2.62. The molecule has 1 radical (unpaired) electrons. The van der Waals surface area contributed by atoms with Gasteiger partial charge in [-0.1, -0.05) is 24.3 Å². The van der Waals surface area contributed by atoms with Gasteiger partial charge in [-0.3, -0.25) is 4.79 Å². The molecule has 1 aliphatic rings. The third-order valence-electron chi connectivity index (χ3n) is 2.62. The fourth-order valence-corrected chi connectivity index (χ4v) is 1.80. The van der Waals surface area contributed by atoms with Gasteiger partial charge >= 0.3 is 0 Å². The lowest BCUT2D eigenvalue weighted by atomic mass is 10.1. The Kier molecular flexibility index (Phi) is 3.02. The summed E-state index contributed by atoms with van der Waals surface area (Å²) in [5, 5.41) is 0. The molecule has 3 nitrogen and oxygen atoms in total. The molecule has 1 fully saturated rings. The van der Waals surface area contributed by atoms with E-state index in [2.05, 4.69) is 6.07 Å². The highest BCUT2D eigenvalue weighted by molar-refractivity contribution is 5.79. The standard InChI is InChI=1S/C12H15N2O/c13-8-10-3-1-4-11(7-10)9-14-6-2-5-12(14)15/h1-4,7H,5-6,8-9,13H2. The van der Waals surface area contributed by atoms with E-state index < -0.39 is 0 Å². The van der Waals surface area contributed by atoms with E-state index >= 15 is 0 Å². The van der Waals surface area contributed by atoms with Crippen LogP contribution in [0.3, 0.4) is 0 Å². The molecule has 2 N–H and O–H groups in total. The van der Waals surface area contributed by atoms with E-state index in [1.165, 1.54) is 0 Å². The van der Waals surface area contributed by atoms with Crippen LogP contribution in [0.2, 0.25) is 0 Å². The molecule has 0 unspecified atom stereocenters. The summed E-state index contributed by atoms with van der Waals surface area (Å²) >= 11 is 0. The minimum absolute atomic E-state index is 0.216. The van der Waals surface area contributed by atoms with E-state index in [0.717, 1.165) is 17.7 Å². The van der Waals surface area contributed by atoms with E-state index in [1.807, 2.05) is 29.5 Å². The van der Waals surface area contributed by atoms with Crippen LogP contribution in [0.25, 0.3) is 0 Å². The van der Waals surface area contributed by atoms with Crippen LogP contribution in [0.15, 0.2) is 24.3 Å². The molecule has 0 atom stereocenters. The Morgan fingerprint density at radius 3 is 2.80 bits per heavy atom. The number of carbonyl (C=O) groups is 1. The molecule has 15 heavy (non-hydrogen) atoms. The lowest BCUT2D eigenvalue weighted by molar-refractivity contribution is -0.128. The minimum atomic E-state index is 0.216. The zero-order valence-electron chi connectivity index (χ0n) is 8.65. The van der Waals surface area contributed by atoms with Gasteiger partial charge in [0.25, 0.3) is 0 Å². The van der Waals surface area contributed by atoms with Crippen LogP contribution >= 0.6 is 0 Å². The van der Waals surface area contributed by atoms with Gasteiger partial charge in [0, 0.05) is 26.1 Å². The fraction of sp³-hybridized carbons (Fsp3) is 0.333. The predicted octanol–water partition coefficient (Wildman–Crippen LogP) is 1.08. The van der Waals surface area contributed by atoms with E-state index in [-0.39, 0.29) is 5.91 Å². The molecule has 1 aromatic carbocycles. The first-order valence-corrected chi connectivity index (χ1v) is 5.17. The van der Waals surface area contributed by atoms with Crippen molar-refractivity contribution in [2.45, 2.75) is 19.5 Å². The lowest BCUT2D eigenvalue weighted by Gasteiger charge is -2.15. The Morgan fingerprint density at radius 2 is 2.13 bits per heavy atom. The van der Waals surface area contributed by atoms with Gasteiger partial charge in [-0.25, -0.2) is 0 Å². The van der Waals surface area contributed by atoms with Gasteiger partial charge in [-0.05, 0) is 17.5 Å². The molecule has 1 amide bonds. The molecule has 0 bridgehead atoms. The fourth-order valence-electron chi connectivity index (χ4n) is 1.80. The summed E-state index contributed by atoms with van der Waals surface area (Å²) in [4.78, 5) is 13.3. The number of hydrogen-bond acceptors (Lipinski definition) is 2. The highest BCUT2D eigenvalue weighted by Crippen LogP contribution is 2.14. The largest absolute Gasteiger partial charge is 0.338 e. The van der Waals surface area contributed by atoms with Crippen LogP contribution in [0, 0.1) is 6.42 Å². The summed E-state index contributed by atoms with van der Waals surface area (Å²) < 4.78 is 0. The van der Waals surface area contributed by atoms with Gasteiger partial charge < -0.3 is 10.6 Å². The number of amides is 1. The van der Waals surface area contributed by atoms with Crippen molar-refractivity contribution in [2.75, 3.05) is 6.54 Å². The monoisotopic (exact) mass is 203 g/mol. The van der Waals surface area contributed by atoms with Gasteiger partial charge in [0.2, 0.25) is 5.91 Å². The van der Waals surface area contributed by atoms with Crippen molar-refractivity contribution < 1.29 is 4.79 Å². The molecule has 0 aliphatic carbocycles. The van der Waals surface area contributed by atoms with Crippen molar-refractivity contribution in [3.05, 3.63) is 41.8 Å². The van der Waals surface area contributed by atoms with Crippen molar-refractivity contribution in [2.24, 2.45) is 5.73 Å². The molecule has 3 heteroatoms. The van der Waals surface area contributed by atoms with E-state index in [4.69, 9.17) is 5.73 Å². The maximum absolute atomic E-state index is 11.4. The zero-order chi connectivity index (χ0) is 10.7. The van der Waals surface area contributed by atoms with Gasteiger partial charge in [0.05, 0.1) is 0 Å². The zero-order valence-corrected chi connectivity index (χ0v) is 8.65. The molecule has 1 heterocycles. The number of nitrogens with zero attached hydrogens (tertiary/aromatic N) is 1. The summed E-state index contributed by atoms with van der Waals surface area (Å²) in [5.74, 6) is 0.216. The van der Waals surface area contributed by atoms with E-state index in [9.17, 15) is 4.79 Å². The summed E-state index contributed by atoms with van der Waals surface area (Å²) in [6.07, 6.45) is 2.59. The minimum Gasteiger partial charge on any atom is -0.338 e. The Hall–Kier alpha value is -1.35. The Bertz CT molecular complexity index is 362. The molecule has 0 saturated carbocycles. The number of benzene rings is 1. The van der Waals surface area contributed by atoms with Crippen molar-refractivity contribution >= 4 is 5.91 Å². The second kappa shape index (κ2) is 4.45. The average molecular weight is 203 g/mol. The van der Waals surface area contributed by atoms with Crippen LogP contribution in [-0.4, -0.2) is 17.4 Å². The van der Waals surface area contributed by atoms with Gasteiger partial charge in [-0.2, -0.15) is 0 Å². The van der Waals surface area contributed by atoms with Crippen molar-refractivity contribution in [3.8, 4) is 0 Å². The number of carbonyl (C=O) groups excluding carboxylic acids is 1. The van der Waals surface area contributed by atoms with Crippen LogP contribution in [0.1, 0.15) is 17.5 Å². The quantitative estimate of drug-likeness (QED) is 0.799. The summed E-state index contributed by atoms with van der Waals surface area (Å²) in [5.41, 5.74) is 7.84. The SMILES string of the molecule is NCc1cccc(CN2C[CH]CC2=O)c1. The molecule has 0 aromatic heterocycles. The number of likely N-dealkylation sites (tertiary alicyclic amines) is 1. The lowest BCUT2D eigenvalue weighted by Crippen LogP contribution is -2.23. The molecular formula is C12H15N2O. The van der Waals surface area contributed by atoms with Crippen LogP contribution in [0.4, 0.5) is 0 Å². The first-order valence-electron chi connectivity index (χ1n) is 5.17. The maximum Gasteiger partial charge on any atom is 0.223 e. The molecule has 1 aromatic rings. The molecular weight excluding hydrogens is 188 g/mol. The summed E-state index contributed by atoms with van der Waals surface area (Å²) in [6.45, 7) is 2.02. The smallest absolute Gasteiger partial charge is 0.223 e. The highest BCUT2D eigenvalue weighted by atomic mass is 16.2. The van der Waals surface area contributed by atoms with Gasteiger partial charge in [-0.15, -0.1) is 0 Å². The second-order valence-corrected chi connectivity index (χ2v) is 3.79. The number of nitrogens with two attached hydrogens (primary N) is 1. The van der Waals surface area contributed by atoms with Gasteiger partial charge in [0.1, 0.15) is 0 Å². The number of hydrogen-bond donors (Lipinski definition) is 1. The van der Waals surface area contributed by atoms with Crippen LogP contribution in [0.5, 0.6) is 0 Å². The maximum atomic E-state index is 11.4. The molecule has 79 valence electrons. The number of rotatable bonds is 3. The van der Waals surface area contributed by atoms with Crippen molar-refractivity contribution in [1.82, 2.24) is 4.90 Å². The highest BCUT2D eigenvalue weighted by Gasteiger charge is 2.19. The van der Waals surface area contributed by atoms with Gasteiger partial charge in [0.15, 0.2) is 0 Å². The first kappa shape index (κ1) is 10.2. The normalized spacial score (nSPS) is 16.1. The predicted molar refractivity (Wildman–Crippen MR) is 58.7 cm³/mol. The molecule has 1 saturated heterocycles. The Morgan fingerprint density at radius 1 is 1.33 bits per heavy atom. The van der Waals surface area contributed by atoms with Crippen LogP contribution < -0.4 is 5.73 Å². The average Bonchev–Trinajstić information content (AvgIpc) is 2.65. The Labute approximate surface area is 89.9 Å². The summed E-state index contributed by atoms with van der Waals surface area (Å²) in [7, 11) is 0. The second-order valence-electron chi connectivity index (χ2n) is 3.79. The Balaban J connectivity index is 2.06. The summed E-state index contributed by atoms with van der Waals surface area (Å²) in [6, 6.07) is 8.08. The van der Waals surface area contributed by atoms with Crippen LogP contribution in [-0.2, 0) is 17.9 Å². The van der Waals surface area contributed by atoms with Crippen molar-refractivity contribution in [3.63, 3.8) is 0 Å². The third kappa shape index (κ3) is 2.36. The molecule has 1 aliphatic heterocycles. The van der Waals surface area contributed by atoms with Crippen molar-refractivity contribution in [1.29, 1.82) is 0 Å². The molecule has 2 rings (SSSR count). The first-order chi connectivity index (χ1) is 7.29.